The van der Waals surface area contributed by atoms with Gasteiger partial charge in [-0.3, -0.25) is 0 Å². The van der Waals surface area contributed by atoms with E-state index in [9.17, 15) is 0 Å². The first-order valence-corrected chi connectivity index (χ1v) is 8.95. The Hall–Kier alpha value is -2.08. The first kappa shape index (κ1) is 15.8. The second-order valence-corrected chi connectivity index (χ2v) is 6.39. The number of hydrogen-bond acceptors (Lipinski definition) is 0. The average molecular weight is 302 g/mol. The van der Waals surface area contributed by atoms with Crippen LogP contribution < -0.4 is 0 Å². The van der Waals surface area contributed by atoms with Crippen LogP contribution in [-0.4, -0.2) is 0 Å². The molecular formula is C23H26. The zero-order valence-electron chi connectivity index (χ0n) is 14.1. The predicted octanol–water partition coefficient (Wildman–Crippen LogP) is 7.02. The predicted molar refractivity (Wildman–Crippen MR) is 102 cm³/mol. The molecule has 0 aliphatic heterocycles. The average Bonchev–Trinajstić information content (AvgIpc) is 2.62. The molecule has 0 saturated carbocycles. The number of fused-ring (bicyclic) bond motifs is 1. The molecule has 0 aliphatic rings. The normalized spacial score (nSPS) is 11.0. The van der Waals surface area contributed by atoms with Crippen molar-refractivity contribution < 1.29 is 0 Å². The van der Waals surface area contributed by atoms with E-state index in [1.807, 2.05) is 0 Å². The lowest BCUT2D eigenvalue weighted by Gasteiger charge is -2.08. The molecule has 3 rings (SSSR count). The van der Waals surface area contributed by atoms with E-state index in [1.165, 1.54) is 66.0 Å². The summed E-state index contributed by atoms with van der Waals surface area (Å²) in [4.78, 5) is 0. The Morgan fingerprint density at radius 1 is 0.652 bits per heavy atom. The molecule has 0 radical (unpaired) electrons. The second-order valence-electron chi connectivity index (χ2n) is 6.39. The summed E-state index contributed by atoms with van der Waals surface area (Å²) in [6.07, 6.45) is 7.95. The third-order valence-corrected chi connectivity index (χ3v) is 4.62. The van der Waals surface area contributed by atoms with Crippen molar-refractivity contribution in [3.63, 3.8) is 0 Å². The molecule has 23 heavy (non-hydrogen) atoms. The van der Waals surface area contributed by atoms with Crippen LogP contribution in [0.15, 0.2) is 66.7 Å². The van der Waals surface area contributed by atoms with Crippen LogP contribution in [0.4, 0.5) is 0 Å². The van der Waals surface area contributed by atoms with Crippen LogP contribution in [0.3, 0.4) is 0 Å². The molecule has 0 heterocycles. The topological polar surface area (TPSA) is 0 Å². The van der Waals surface area contributed by atoms with Gasteiger partial charge in [0.2, 0.25) is 0 Å². The Morgan fingerprint density at radius 3 is 2.22 bits per heavy atom. The summed E-state index contributed by atoms with van der Waals surface area (Å²) >= 11 is 0. The number of benzene rings is 3. The van der Waals surface area contributed by atoms with E-state index in [2.05, 4.69) is 73.7 Å². The van der Waals surface area contributed by atoms with Gasteiger partial charge in [-0.15, -0.1) is 0 Å². The fourth-order valence-electron chi connectivity index (χ4n) is 3.26. The summed E-state index contributed by atoms with van der Waals surface area (Å²) in [5, 5.41) is 2.65. The molecule has 0 aromatic heterocycles. The van der Waals surface area contributed by atoms with E-state index in [4.69, 9.17) is 0 Å². The zero-order chi connectivity index (χ0) is 15.9. The monoisotopic (exact) mass is 302 g/mol. The van der Waals surface area contributed by atoms with Gasteiger partial charge in [0.05, 0.1) is 0 Å². The number of unbranched alkanes of at least 4 members (excludes halogenated alkanes) is 4. The van der Waals surface area contributed by atoms with Crippen LogP contribution in [0.5, 0.6) is 0 Å². The van der Waals surface area contributed by atoms with Gasteiger partial charge in [-0.25, -0.2) is 0 Å². The van der Waals surface area contributed by atoms with E-state index < -0.39 is 0 Å². The van der Waals surface area contributed by atoms with E-state index in [0.717, 1.165) is 0 Å². The van der Waals surface area contributed by atoms with Crippen LogP contribution in [0, 0.1) is 0 Å². The molecule has 0 heteroatoms. The largest absolute Gasteiger partial charge is 0.0654 e. The van der Waals surface area contributed by atoms with Crippen LogP contribution in [-0.2, 0) is 6.42 Å². The van der Waals surface area contributed by atoms with Crippen molar-refractivity contribution in [1.82, 2.24) is 0 Å². The minimum absolute atomic E-state index is 1.21. The van der Waals surface area contributed by atoms with Crippen molar-refractivity contribution in [2.75, 3.05) is 0 Å². The van der Waals surface area contributed by atoms with Gasteiger partial charge in [-0.2, -0.15) is 0 Å². The number of aryl methyl sites for hydroxylation is 1. The summed E-state index contributed by atoms with van der Waals surface area (Å²) in [6.45, 7) is 2.27. The van der Waals surface area contributed by atoms with Crippen molar-refractivity contribution >= 4 is 10.8 Å². The fourth-order valence-corrected chi connectivity index (χ4v) is 3.26. The first-order valence-electron chi connectivity index (χ1n) is 8.95. The van der Waals surface area contributed by atoms with Crippen molar-refractivity contribution in [3.8, 4) is 11.1 Å². The highest BCUT2D eigenvalue weighted by molar-refractivity contribution is 5.96. The summed E-state index contributed by atoms with van der Waals surface area (Å²) in [5.74, 6) is 0. The van der Waals surface area contributed by atoms with Gasteiger partial charge in [0, 0.05) is 0 Å². The quantitative estimate of drug-likeness (QED) is 0.411. The highest BCUT2D eigenvalue weighted by Gasteiger charge is 2.03. The van der Waals surface area contributed by atoms with Crippen molar-refractivity contribution in [3.05, 3.63) is 72.3 Å². The molecule has 3 aromatic rings. The van der Waals surface area contributed by atoms with Crippen molar-refractivity contribution in [2.24, 2.45) is 0 Å². The van der Waals surface area contributed by atoms with E-state index in [-0.39, 0.29) is 0 Å². The molecule has 0 aliphatic carbocycles. The van der Waals surface area contributed by atoms with Gasteiger partial charge in [0.1, 0.15) is 0 Å². The molecule has 0 unspecified atom stereocenters. The van der Waals surface area contributed by atoms with Crippen molar-refractivity contribution in [1.29, 1.82) is 0 Å². The molecule has 0 bridgehead atoms. The zero-order valence-corrected chi connectivity index (χ0v) is 14.1. The molecule has 0 spiro atoms. The smallest absolute Gasteiger partial charge is 0.0105 e. The minimum Gasteiger partial charge on any atom is -0.0654 e. The van der Waals surface area contributed by atoms with Gasteiger partial charge in [-0.1, -0.05) is 99.3 Å². The minimum atomic E-state index is 1.21. The molecule has 0 saturated heterocycles. The molecule has 0 N–H and O–H groups in total. The summed E-state index contributed by atoms with van der Waals surface area (Å²) < 4.78 is 0. The Labute approximate surface area is 140 Å². The maximum absolute atomic E-state index is 2.30. The van der Waals surface area contributed by atoms with Crippen LogP contribution in [0.25, 0.3) is 21.9 Å². The standard InChI is InChI=1S/C23H26/c1-2-3-4-5-6-10-19-15-17-21(18-16-19)23-14-9-12-20-11-7-8-13-22(20)23/h7-9,11-18H,2-6,10H2,1H3. The highest BCUT2D eigenvalue weighted by atomic mass is 14.1. The highest BCUT2D eigenvalue weighted by Crippen LogP contribution is 2.28. The molecule has 0 amide bonds. The van der Waals surface area contributed by atoms with Crippen molar-refractivity contribution in [2.45, 2.75) is 45.4 Å². The number of rotatable bonds is 7. The van der Waals surface area contributed by atoms with Crippen LogP contribution in [0.2, 0.25) is 0 Å². The molecule has 118 valence electrons. The molecule has 0 nitrogen and oxygen atoms in total. The molecule has 3 aromatic carbocycles. The lowest BCUT2D eigenvalue weighted by molar-refractivity contribution is 0.632. The summed E-state index contributed by atoms with van der Waals surface area (Å²) in [5.41, 5.74) is 4.11. The Kier molecular flexibility index (Phi) is 5.47. The van der Waals surface area contributed by atoms with Gasteiger partial charge in [0.15, 0.2) is 0 Å². The second kappa shape index (κ2) is 7.97. The third-order valence-electron chi connectivity index (χ3n) is 4.62. The lowest BCUT2D eigenvalue weighted by Crippen LogP contribution is -1.87. The Balaban J connectivity index is 1.71. The number of hydrogen-bond donors (Lipinski definition) is 0. The lowest BCUT2D eigenvalue weighted by atomic mass is 9.96. The van der Waals surface area contributed by atoms with Gasteiger partial charge >= 0.3 is 0 Å². The maximum Gasteiger partial charge on any atom is -0.0105 e. The molecule has 0 atom stereocenters. The van der Waals surface area contributed by atoms with Gasteiger partial charge in [-0.05, 0) is 40.3 Å². The van der Waals surface area contributed by atoms with Crippen LogP contribution >= 0.6 is 0 Å². The maximum atomic E-state index is 2.30. The Morgan fingerprint density at radius 2 is 1.39 bits per heavy atom. The summed E-state index contributed by atoms with van der Waals surface area (Å²) in [7, 11) is 0. The SMILES string of the molecule is CCCCCCCc1ccc(-c2cccc3ccccc23)cc1. The molecule has 0 fully saturated rings. The summed E-state index contributed by atoms with van der Waals surface area (Å²) in [6, 6.07) is 24.4. The fraction of sp³-hybridized carbons (Fsp3) is 0.304. The van der Waals surface area contributed by atoms with Gasteiger partial charge < -0.3 is 0 Å². The van der Waals surface area contributed by atoms with E-state index in [0.29, 0.717) is 0 Å². The Bertz CT molecular complexity index is 732. The van der Waals surface area contributed by atoms with E-state index in [1.54, 1.807) is 0 Å². The van der Waals surface area contributed by atoms with Crippen LogP contribution in [0.1, 0.15) is 44.6 Å². The first-order chi connectivity index (χ1) is 11.4. The van der Waals surface area contributed by atoms with Gasteiger partial charge in [0.25, 0.3) is 0 Å². The molecular weight excluding hydrogens is 276 g/mol. The third kappa shape index (κ3) is 4.01. The van der Waals surface area contributed by atoms with E-state index >= 15 is 0 Å².